The van der Waals surface area contributed by atoms with Crippen LogP contribution < -0.4 is 5.32 Å². The number of hydrogen-bond acceptors (Lipinski definition) is 4. The highest BCUT2D eigenvalue weighted by Gasteiger charge is 2.34. The number of nitrogens with one attached hydrogen (secondary N) is 1. The van der Waals surface area contributed by atoms with Crippen molar-refractivity contribution in [2.75, 3.05) is 6.54 Å². The zero-order valence-electron chi connectivity index (χ0n) is 17.9. The summed E-state index contributed by atoms with van der Waals surface area (Å²) >= 11 is 18.2. The summed E-state index contributed by atoms with van der Waals surface area (Å²) in [6.45, 7) is 5.06. The van der Waals surface area contributed by atoms with E-state index >= 15 is 0 Å². The van der Waals surface area contributed by atoms with Gasteiger partial charge < -0.3 is 14.7 Å². The molecule has 0 fully saturated rings. The van der Waals surface area contributed by atoms with Crippen molar-refractivity contribution < 1.29 is 4.52 Å². The number of hydrogen-bond donors (Lipinski definition) is 1. The molecule has 0 amide bonds. The Balaban J connectivity index is 1.78. The molecule has 1 atom stereocenters. The Labute approximate surface area is 203 Å². The normalized spacial score (nSPS) is 16.4. The number of benzene rings is 2. The molecule has 5 nitrogen and oxygen atoms in total. The van der Waals surface area contributed by atoms with Gasteiger partial charge in [-0.3, -0.25) is 0 Å². The Morgan fingerprint density at radius 2 is 1.84 bits per heavy atom. The molecule has 2 heterocycles. The lowest BCUT2D eigenvalue weighted by molar-refractivity contribution is 0.395. The minimum absolute atomic E-state index is 0.253. The summed E-state index contributed by atoms with van der Waals surface area (Å²) in [5.74, 6) is 0.927. The van der Waals surface area contributed by atoms with E-state index in [2.05, 4.69) is 29.2 Å². The molecule has 32 heavy (non-hydrogen) atoms. The second-order valence-corrected chi connectivity index (χ2v) is 8.99. The first-order chi connectivity index (χ1) is 15.5. The fourth-order valence-corrected chi connectivity index (χ4v) is 4.60. The summed E-state index contributed by atoms with van der Waals surface area (Å²) in [7, 11) is 0. The van der Waals surface area contributed by atoms with Crippen molar-refractivity contribution in [1.82, 2.24) is 20.4 Å². The van der Waals surface area contributed by atoms with Gasteiger partial charge in [0.15, 0.2) is 5.11 Å². The number of halogens is 2. The van der Waals surface area contributed by atoms with Crippen molar-refractivity contribution in [3.05, 3.63) is 75.7 Å². The summed E-state index contributed by atoms with van der Waals surface area (Å²) < 4.78 is 5.76. The fourth-order valence-electron chi connectivity index (χ4n) is 3.86. The zero-order chi connectivity index (χ0) is 22.7. The van der Waals surface area contributed by atoms with E-state index in [9.17, 15) is 0 Å². The molecule has 1 aromatic heterocycles. The van der Waals surface area contributed by atoms with E-state index < -0.39 is 0 Å². The summed E-state index contributed by atoms with van der Waals surface area (Å²) in [5.41, 5.74) is 3.66. The topological polar surface area (TPSA) is 54.2 Å². The standard InChI is InChI=1S/C24H24Cl2N4OS/c1-3-4-5-12-30-15(2)20(21(27-24(30)32)16-8-6-10-18(25)13-16)23-28-22(29-31-23)17-9-7-11-19(26)14-17/h6-11,13-14,21H,3-5,12H2,1-2H3,(H,27,32). The number of rotatable bonds is 7. The number of allylic oxidation sites excluding steroid dienone is 1. The average molecular weight is 487 g/mol. The van der Waals surface area contributed by atoms with Gasteiger partial charge >= 0.3 is 0 Å². The largest absolute Gasteiger partial charge is 0.351 e. The van der Waals surface area contributed by atoms with Gasteiger partial charge in [-0.05, 0) is 55.4 Å². The first kappa shape index (κ1) is 22.8. The van der Waals surface area contributed by atoms with Gasteiger partial charge in [0.1, 0.15) is 0 Å². The van der Waals surface area contributed by atoms with Crippen LogP contribution >= 0.6 is 35.4 Å². The van der Waals surface area contributed by atoms with Gasteiger partial charge in [-0.15, -0.1) is 0 Å². The van der Waals surface area contributed by atoms with Crippen LogP contribution in [0.4, 0.5) is 0 Å². The van der Waals surface area contributed by atoms with Crippen molar-refractivity contribution in [3.8, 4) is 11.4 Å². The Morgan fingerprint density at radius 1 is 1.09 bits per heavy atom. The van der Waals surface area contributed by atoms with E-state index in [0.29, 0.717) is 26.9 Å². The maximum absolute atomic E-state index is 6.29. The molecule has 2 aromatic carbocycles. The molecular formula is C24H24Cl2N4OS. The smallest absolute Gasteiger partial charge is 0.258 e. The zero-order valence-corrected chi connectivity index (χ0v) is 20.3. The summed E-state index contributed by atoms with van der Waals surface area (Å²) in [5, 5.41) is 9.64. The molecule has 0 bridgehead atoms. The van der Waals surface area contributed by atoms with Gasteiger partial charge in [0.2, 0.25) is 5.82 Å². The monoisotopic (exact) mass is 486 g/mol. The Morgan fingerprint density at radius 3 is 2.56 bits per heavy atom. The minimum Gasteiger partial charge on any atom is -0.351 e. The molecule has 1 aliphatic rings. The quantitative estimate of drug-likeness (QED) is 0.289. The molecule has 1 aliphatic heterocycles. The van der Waals surface area contributed by atoms with Crippen LogP contribution in [0, 0.1) is 0 Å². The van der Waals surface area contributed by atoms with E-state index in [1.165, 1.54) is 0 Å². The van der Waals surface area contributed by atoms with Gasteiger partial charge in [0, 0.05) is 27.9 Å². The highest BCUT2D eigenvalue weighted by Crippen LogP contribution is 2.38. The number of aromatic nitrogens is 2. The van der Waals surface area contributed by atoms with Crippen LogP contribution in [0.3, 0.4) is 0 Å². The van der Waals surface area contributed by atoms with Crippen LogP contribution in [0.15, 0.2) is 58.8 Å². The van der Waals surface area contributed by atoms with Gasteiger partial charge in [-0.2, -0.15) is 4.98 Å². The second kappa shape index (κ2) is 10.0. The van der Waals surface area contributed by atoms with Crippen molar-refractivity contribution >= 4 is 46.1 Å². The minimum atomic E-state index is -0.253. The lowest BCUT2D eigenvalue weighted by atomic mass is 9.94. The van der Waals surface area contributed by atoms with E-state index in [1.807, 2.05) is 48.5 Å². The van der Waals surface area contributed by atoms with Crippen LogP contribution in [0.1, 0.15) is 50.6 Å². The van der Waals surface area contributed by atoms with Crippen molar-refractivity contribution in [2.45, 2.75) is 39.2 Å². The van der Waals surface area contributed by atoms with Gasteiger partial charge in [-0.1, -0.05) is 72.4 Å². The SMILES string of the molecule is CCCCCN1C(=S)NC(c2cccc(Cl)c2)C(c2nc(-c3cccc(Cl)c3)no2)=C1C. The molecule has 0 saturated carbocycles. The molecule has 8 heteroatoms. The first-order valence-corrected chi connectivity index (χ1v) is 11.8. The molecule has 0 saturated heterocycles. The van der Waals surface area contributed by atoms with Crippen LogP contribution in [-0.4, -0.2) is 26.7 Å². The number of thiocarbonyl (C=S) groups is 1. The number of nitrogens with zero attached hydrogens (tertiary/aromatic N) is 3. The lowest BCUT2D eigenvalue weighted by Gasteiger charge is -2.37. The van der Waals surface area contributed by atoms with Crippen LogP contribution in [0.25, 0.3) is 17.0 Å². The van der Waals surface area contributed by atoms with Crippen molar-refractivity contribution in [3.63, 3.8) is 0 Å². The van der Waals surface area contributed by atoms with Crippen molar-refractivity contribution in [1.29, 1.82) is 0 Å². The van der Waals surface area contributed by atoms with Crippen molar-refractivity contribution in [2.24, 2.45) is 0 Å². The van der Waals surface area contributed by atoms with Crippen LogP contribution in [0.2, 0.25) is 10.0 Å². The highest BCUT2D eigenvalue weighted by atomic mass is 35.5. The predicted octanol–water partition coefficient (Wildman–Crippen LogP) is 6.90. The van der Waals surface area contributed by atoms with E-state index in [1.54, 1.807) is 0 Å². The second-order valence-electron chi connectivity index (χ2n) is 7.73. The van der Waals surface area contributed by atoms with Gasteiger partial charge in [-0.25, -0.2) is 0 Å². The maximum atomic E-state index is 6.29. The predicted molar refractivity (Wildman–Crippen MR) is 133 cm³/mol. The average Bonchev–Trinajstić information content (AvgIpc) is 3.25. The third-order valence-corrected chi connectivity index (χ3v) is 6.31. The molecule has 1 N–H and O–H groups in total. The summed E-state index contributed by atoms with van der Waals surface area (Å²) in [6, 6.07) is 14.9. The Hall–Kier alpha value is -2.41. The van der Waals surface area contributed by atoms with Gasteiger partial charge in [0.05, 0.1) is 11.6 Å². The summed E-state index contributed by atoms with van der Waals surface area (Å²) in [4.78, 5) is 6.83. The van der Waals surface area contributed by atoms with E-state index in [4.69, 9.17) is 44.9 Å². The van der Waals surface area contributed by atoms with E-state index in [-0.39, 0.29) is 6.04 Å². The summed E-state index contributed by atoms with van der Waals surface area (Å²) in [6.07, 6.45) is 3.32. The maximum Gasteiger partial charge on any atom is 0.258 e. The molecule has 0 radical (unpaired) electrons. The molecule has 3 aromatic rings. The molecule has 0 aliphatic carbocycles. The molecular weight excluding hydrogens is 463 g/mol. The Bertz CT molecular complexity index is 1160. The van der Waals surface area contributed by atoms with Gasteiger partial charge in [0.25, 0.3) is 5.89 Å². The molecule has 166 valence electrons. The third kappa shape index (κ3) is 4.82. The fraction of sp³-hybridized carbons (Fsp3) is 0.292. The number of unbranched alkanes of at least 4 members (excludes halogenated alkanes) is 2. The third-order valence-electron chi connectivity index (χ3n) is 5.50. The molecule has 1 unspecified atom stereocenters. The highest BCUT2D eigenvalue weighted by molar-refractivity contribution is 7.80. The molecule has 4 rings (SSSR count). The molecule has 0 spiro atoms. The Kier molecular flexibility index (Phi) is 7.13. The lowest BCUT2D eigenvalue weighted by Crippen LogP contribution is -2.46. The van der Waals surface area contributed by atoms with E-state index in [0.717, 1.165) is 48.2 Å². The first-order valence-electron chi connectivity index (χ1n) is 10.6. The van der Waals surface area contributed by atoms with Crippen LogP contribution in [0.5, 0.6) is 0 Å². The van der Waals surface area contributed by atoms with Crippen LogP contribution in [-0.2, 0) is 0 Å².